The van der Waals surface area contributed by atoms with Gasteiger partial charge in [-0.2, -0.15) is 5.10 Å². The molecule has 0 unspecified atom stereocenters. The first-order chi connectivity index (χ1) is 7.70. The van der Waals surface area contributed by atoms with E-state index in [1.54, 1.807) is 4.68 Å². The third kappa shape index (κ3) is 2.14. The maximum Gasteiger partial charge on any atom is 0.124 e. The second-order valence-corrected chi connectivity index (χ2v) is 3.97. The lowest BCUT2D eigenvalue weighted by Gasteiger charge is -2.00. The van der Waals surface area contributed by atoms with Crippen molar-refractivity contribution in [2.45, 2.75) is 13.3 Å². The molecular weight excluding hydrogens is 224 g/mol. The van der Waals surface area contributed by atoms with Gasteiger partial charge in [0.25, 0.3) is 0 Å². The van der Waals surface area contributed by atoms with Crippen LogP contribution in [0.5, 0.6) is 0 Å². The first-order valence-corrected chi connectivity index (χ1v) is 5.33. The standard InChI is InChI=1S/C12H11ClN2O/c1-9-10(5-6-16)8-15(14-9)12-4-2-3-11(13)7-12/h2-4,6-8H,5H2,1H3. The molecule has 0 fully saturated rings. The lowest BCUT2D eigenvalue weighted by Crippen LogP contribution is -1.94. The highest BCUT2D eigenvalue weighted by molar-refractivity contribution is 6.30. The van der Waals surface area contributed by atoms with Crippen LogP contribution >= 0.6 is 11.6 Å². The molecule has 0 amide bonds. The Morgan fingerprint density at radius 2 is 2.31 bits per heavy atom. The fourth-order valence-electron chi connectivity index (χ4n) is 1.54. The summed E-state index contributed by atoms with van der Waals surface area (Å²) in [5.74, 6) is 0. The van der Waals surface area contributed by atoms with Gasteiger partial charge < -0.3 is 4.79 Å². The minimum absolute atomic E-state index is 0.395. The summed E-state index contributed by atoms with van der Waals surface area (Å²) in [6, 6.07) is 7.43. The normalized spacial score (nSPS) is 10.4. The highest BCUT2D eigenvalue weighted by atomic mass is 35.5. The molecule has 0 aliphatic rings. The molecule has 0 spiro atoms. The van der Waals surface area contributed by atoms with Crippen LogP contribution in [0.2, 0.25) is 5.02 Å². The Labute approximate surface area is 98.7 Å². The van der Waals surface area contributed by atoms with Crippen LogP contribution in [0.1, 0.15) is 11.3 Å². The first kappa shape index (κ1) is 10.9. The summed E-state index contributed by atoms with van der Waals surface area (Å²) in [7, 11) is 0. The van der Waals surface area contributed by atoms with Gasteiger partial charge in [0.1, 0.15) is 6.29 Å². The lowest BCUT2D eigenvalue weighted by molar-refractivity contribution is -0.107. The van der Waals surface area contributed by atoms with Gasteiger partial charge in [-0.15, -0.1) is 0 Å². The van der Waals surface area contributed by atoms with Crippen LogP contribution < -0.4 is 0 Å². The Morgan fingerprint density at radius 3 is 3.00 bits per heavy atom. The number of aldehydes is 1. The minimum atomic E-state index is 0.395. The van der Waals surface area contributed by atoms with E-state index in [-0.39, 0.29) is 0 Å². The third-order valence-corrected chi connectivity index (χ3v) is 2.61. The van der Waals surface area contributed by atoms with Crippen molar-refractivity contribution in [1.82, 2.24) is 9.78 Å². The predicted molar refractivity (Wildman–Crippen MR) is 63.1 cm³/mol. The van der Waals surface area contributed by atoms with Gasteiger partial charge in [0.15, 0.2) is 0 Å². The molecule has 0 aliphatic heterocycles. The van der Waals surface area contributed by atoms with Gasteiger partial charge >= 0.3 is 0 Å². The maximum atomic E-state index is 10.5. The summed E-state index contributed by atoms with van der Waals surface area (Å²) in [4.78, 5) is 10.5. The number of hydrogen-bond donors (Lipinski definition) is 0. The molecule has 2 aromatic rings. The van der Waals surface area contributed by atoms with E-state index in [2.05, 4.69) is 5.10 Å². The van der Waals surface area contributed by atoms with E-state index < -0.39 is 0 Å². The Hall–Kier alpha value is -1.61. The molecular formula is C12H11ClN2O. The predicted octanol–water partition coefficient (Wildman–Crippen LogP) is 2.58. The van der Waals surface area contributed by atoms with Crippen molar-refractivity contribution in [3.05, 3.63) is 46.7 Å². The quantitative estimate of drug-likeness (QED) is 0.765. The molecule has 1 heterocycles. The summed E-state index contributed by atoms with van der Waals surface area (Å²) in [5, 5.41) is 5.01. The smallest absolute Gasteiger partial charge is 0.124 e. The van der Waals surface area contributed by atoms with Crippen LogP contribution in [0.25, 0.3) is 5.69 Å². The largest absolute Gasteiger partial charge is 0.303 e. The number of aryl methyl sites for hydroxylation is 1. The van der Waals surface area contributed by atoms with Crippen LogP contribution in [0.3, 0.4) is 0 Å². The van der Waals surface area contributed by atoms with E-state index in [1.807, 2.05) is 37.4 Å². The van der Waals surface area contributed by atoms with Gasteiger partial charge in [-0.25, -0.2) is 4.68 Å². The molecule has 0 radical (unpaired) electrons. The zero-order valence-electron chi connectivity index (χ0n) is 8.85. The zero-order valence-corrected chi connectivity index (χ0v) is 9.61. The van der Waals surface area contributed by atoms with Crippen molar-refractivity contribution in [3.8, 4) is 5.69 Å². The van der Waals surface area contributed by atoms with E-state index in [0.717, 1.165) is 23.2 Å². The highest BCUT2D eigenvalue weighted by Gasteiger charge is 2.05. The Morgan fingerprint density at radius 1 is 1.50 bits per heavy atom. The topological polar surface area (TPSA) is 34.9 Å². The van der Waals surface area contributed by atoms with Gasteiger partial charge in [-0.1, -0.05) is 17.7 Å². The number of carbonyl (C=O) groups excluding carboxylic acids is 1. The van der Waals surface area contributed by atoms with Crippen molar-refractivity contribution in [2.75, 3.05) is 0 Å². The van der Waals surface area contributed by atoms with E-state index in [4.69, 9.17) is 11.6 Å². The molecule has 0 saturated heterocycles. The summed E-state index contributed by atoms with van der Waals surface area (Å²) in [6.07, 6.45) is 3.13. The maximum absolute atomic E-state index is 10.5. The monoisotopic (exact) mass is 234 g/mol. The number of aromatic nitrogens is 2. The SMILES string of the molecule is Cc1nn(-c2cccc(Cl)c2)cc1CC=O. The number of benzene rings is 1. The fraction of sp³-hybridized carbons (Fsp3) is 0.167. The van der Waals surface area contributed by atoms with Gasteiger partial charge in [0, 0.05) is 23.2 Å². The molecule has 16 heavy (non-hydrogen) atoms. The molecule has 3 nitrogen and oxygen atoms in total. The van der Waals surface area contributed by atoms with E-state index >= 15 is 0 Å². The van der Waals surface area contributed by atoms with E-state index in [1.165, 1.54) is 0 Å². The second-order valence-electron chi connectivity index (χ2n) is 3.53. The van der Waals surface area contributed by atoms with Gasteiger partial charge in [0.05, 0.1) is 11.4 Å². The van der Waals surface area contributed by atoms with Gasteiger partial charge in [-0.05, 0) is 25.1 Å². The van der Waals surface area contributed by atoms with E-state index in [0.29, 0.717) is 11.4 Å². The molecule has 2 rings (SSSR count). The molecule has 4 heteroatoms. The Bertz CT molecular complexity index is 519. The van der Waals surface area contributed by atoms with Crippen molar-refractivity contribution in [3.63, 3.8) is 0 Å². The Balaban J connectivity index is 2.41. The minimum Gasteiger partial charge on any atom is -0.303 e. The summed E-state index contributed by atoms with van der Waals surface area (Å²) in [5.41, 5.74) is 2.70. The molecule has 0 aliphatic carbocycles. The zero-order chi connectivity index (χ0) is 11.5. The highest BCUT2D eigenvalue weighted by Crippen LogP contribution is 2.16. The number of nitrogens with zero attached hydrogens (tertiary/aromatic N) is 2. The number of hydrogen-bond acceptors (Lipinski definition) is 2. The third-order valence-electron chi connectivity index (χ3n) is 2.38. The molecule has 0 saturated carbocycles. The average molecular weight is 235 g/mol. The molecule has 0 N–H and O–H groups in total. The first-order valence-electron chi connectivity index (χ1n) is 4.95. The van der Waals surface area contributed by atoms with Gasteiger partial charge in [-0.3, -0.25) is 0 Å². The van der Waals surface area contributed by atoms with Crippen molar-refractivity contribution in [2.24, 2.45) is 0 Å². The summed E-state index contributed by atoms with van der Waals surface area (Å²) < 4.78 is 1.74. The van der Waals surface area contributed by atoms with Crippen LogP contribution in [0.15, 0.2) is 30.5 Å². The second kappa shape index (κ2) is 4.49. The van der Waals surface area contributed by atoms with Crippen LogP contribution in [0, 0.1) is 6.92 Å². The summed E-state index contributed by atoms with van der Waals surface area (Å²) >= 11 is 5.91. The van der Waals surface area contributed by atoms with Crippen LogP contribution in [-0.2, 0) is 11.2 Å². The number of rotatable bonds is 3. The Kier molecular flexibility index (Phi) is 3.06. The number of halogens is 1. The molecule has 1 aromatic heterocycles. The van der Waals surface area contributed by atoms with Crippen molar-refractivity contribution < 1.29 is 4.79 Å². The van der Waals surface area contributed by atoms with Crippen LogP contribution in [0.4, 0.5) is 0 Å². The van der Waals surface area contributed by atoms with E-state index in [9.17, 15) is 4.79 Å². The van der Waals surface area contributed by atoms with Crippen LogP contribution in [-0.4, -0.2) is 16.1 Å². The van der Waals surface area contributed by atoms with Crippen molar-refractivity contribution in [1.29, 1.82) is 0 Å². The molecule has 1 aromatic carbocycles. The summed E-state index contributed by atoms with van der Waals surface area (Å²) in [6.45, 7) is 1.89. The fourth-order valence-corrected chi connectivity index (χ4v) is 1.72. The average Bonchev–Trinajstić information content (AvgIpc) is 2.61. The molecule has 82 valence electrons. The lowest BCUT2D eigenvalue weighted by atomic mass is 10.2. The molecule has 0 bridgehead atoms. The number of carbonyl (C=O) groups is 1. The van der Waals surface area contributed by atoms with Crippen molar-refractivity contribution >= 4 is 17.9 Å². The molecule has 0 atom stereocenters. The van der Waals surface area contributed by atoms with Gasteiger partial charge in [0.2, 0.25) is 0 Å².